The third-order valence-corrected chi connectivity index (χ3v) is 3.36. The zero-order valence-corrected chi connectivity index (χ0v) is 15.4. The van der Waals surface area contributed by atoms with Gasteiger partial charge in [-0.3, -0.25) is 19.8 Å². The number of carbonyl (C=O) groups excluding carboxylic acids is 3. The third-order valence-electron chi connectivity index (χ3n) is 2.89. The predicted octanol–water partition coefficient (Wildman–Crippen LogP) is 1.34. The van der Waals surface area contributed by atoms with Crippen molar-refractivity contribution in [2.75, 3.05) is 32.0 Å². The Morgan fingerprint density at radius 3 is 2.54 bits per heavy atom. The van der Waals surface area contributed by atoms with E-state index in [9.17, 15) is 14.4 Å². The average Bonchev–Trinajstić information content (AvgIpc) is 2.49. The summed E-state index contributed by atoms with van der Waals surface area (Å²) >= 11 is 3.26. The van der Waals surface area contributed by atoms with Gasteiger partial charge in [0.1, 0.15) is 5.82 Å². The van der Waals surface area contributed by atoms with Gasteiger partial charge in [-0.2, -0.15) is 0 Å². The fourth-order valence-electron chi connectivity index (χ4n) is 1.77. The summed E-state index contributed by atoms with van der Waals surface area (Å²) < 4.78 is 0.812. The number of hydrogen-bond acceptors (Lipinski definition) is 5. The van der Waals surface area contributed by atoms with Crippen molar-refractivity contribution in [2.45, 2.75) is 19.8 Å². The van der Waals surface area contributed by atoms with Crippen molar-refractivity contribution in [1.82, 2.24) is 20.5 Å². The Kier molecular flexibility index (Phi) is 8.95. The molecule has 0 radical (unpaired) electrons. The van der Waals surface area contributed by atoms with Crippen molar-refractivity contribution in [3.63, 3.8) is 0 Å². The largest absolute Gasteiger partial charge is 0.338 e. The monoisotopic (exact) mass is 399 g/mol. The van der Waals surface area contributed by atoms with Gasteiger partial charge < -0.3 is 10.6 Å². The maximum absolute atomic E-state index is 11.9. The number of hydrogen-bond donors (Lipinski definition) is 3. The lowest BCUT2D eigenvalue weighted by Crippen LogP contribution is -2.45. The molecule has 0 fully saturated rings. The lowest BCUT2D eigenvalue weighted by atomic mass is 10.3. The number of anilines is 1. The molecule has 24 heavy (non-hydrogen) atoms. The second kappa shape index (κ2) is 10.7. The minimum atomic E-state index is -0.523. The highest BCUT2D eigenvalue weighted by Gasteiger charge is 2.13. The molecule has 0 saturated carbocycles. The van der Waals surface area contributed by atoms with Gasteiger partial charge >= 0.3 is 6.03 Å². The first kappa shape index (κ1) is 20.0. The van der Waals surface area contributed by atoms with Crippen LogP contribution in [0.25, 0.3) is 0 Å². The zero-order valence-electron chi connectivity index (χ0n) is 13.8. The molecule has 4 amide bonds. The molecule has 132 valence electrons. The van der Waals surface area contributed by atoms with Crippen LogP contribution in [-0.2, 0) is 9.59 Å². The molecule has 8 nitrogen and oxygen atoms in total. The zero-order chi connectivity index (χ0) is 17.9. The summed E-state index contributed by atoms with van der Waals surface area (Å²) in [6.45, 7) is 2.47. The van der Waals surface area contributed by atoms with Crippen molar-refractivity contribution in [3.05, 3.63) is 22.8 Å². The average molecular weight is 400 g/mol. The number of amides is 4. The number of aromatic nitrogens is 1. The molecule has 0 bridgehead atoms. The Bertz CT molecular complexity index is 565. The molecule has 0 saturated heterocycles. The van der Waals surface area contributed by atoms with E-state index in [0.29, 0.717) is 12.4 Å². The van der Waals surface area contributed by atoms with Gasteiger partial charge in [0.2, 0.25) is 11.8 Å². The molecule has 0 aliphatic carbocycles. The predicted molar refractivity (Wildman–Crippen MR) is 94.5 cm³/mol. The van der Waals surface area contributed by atoms with Crippen LogP contribution in [0.5, 0.6) is 0 Å². The van der Waals surface area contributed by atoms with Gasteiger partial charge in [-0.1, -0.05) is 13.3 Å². The number of pyridine rings is 1. The van der Waals surface area contributed by atoms with Crippen LogP contribution in [0.3, 0.4) is 0 Å². The Morgan fingerprint density at radius 2 is 1.92 bits per heavy atom. The van der Waals surface area contributed by atoms with E-state index in [2.05, 4.69) is 36.9 Å². The van der Waals surface area contributed by atoms with Crippen molar-refractivity contribution >= 4 is 39.6 Å². The number of unbranched alkanes of at least 4 members (excludes halogenated alkanes) is 1. The molecule has 0 aliphatic rings. The topological polar surface area (TPSA) is 103 Å². The smallest absolute Gasteiger partial charge is 0.321 e. The van der Waals surface area contributed by atoms with E-state index in [1.54, 1.807) is 25.4 Å². The maximum atomic E-state index is 11.9. The summed E-state index contributed by atoms with van der Waals surface area (Å²) in [7, 11) is 1.61. The van der Waals surface area contributed by atoms with Crippen LogP contribution in [0, 0.1) is 0 Å². The van der Waals surface area contributed by atoms with Gasteiger partial charge in [0.15, 0.2) is 0 Å². The minimum absolute atomic E-state index is 0.00260. The van der Waals surface area contributed by atoms with E-state index < -0.39 is 11.9 Å². The van der Waals surface area contributed by atoms with Crippen LogP contribution in [0.4, 0.5) is 10.6 Å². The van der Waals surface area contributed by atoms with Gasteiger partial charge in [-0.25, -0.2) is 9.78 Å². The Balaban J connectivity index is 2.30. The summed E-state index contributed by atoms with van der Waals surface area (Å²) in [6, 6.07) is 2.90. The number of nitrogens with zero attached hydrogens (tertiary/aromatic N) is 2. The molecular weight excluding hydrogens is 378 g/mol. The lowest BCUT2D eigenvalue weighted by Gasteiger charge is -2.15. The van der Waals surface area contributed by atoms with E-state index in [-0.39, 0.29) is 19.0 Å². The van der Waals surface area contributed by atoms with Gasteiger partial charge in [-0.15, -0.1) is 0 Å². The summed E-state index contributed by atoms with van der Waals surface area (Å²) in [4.78, 5) is 40.6. The molecule has 1 rings (SSSR count). The molecular formula is C15H22BrN5O3. The summed E-state index contributed by atoms with van der Waals surface area (Å²) in [5, 5.41) is 7.43. The Hall–Kier alpha value is -2.00. The van der Waals surface area contributed by atoms with Crippen LogP contribution in [0.15, 0.2) is 22.8 Å². The quantitative estimate of drug-likeness (QED) is 0.572. The second-order valence-corrected chi connectivity index (χ2v) is 6.16. The fourth-order valence-corrected chi connectivity index (χ4v) is 2.00. The molecule has 9 heteroatoms. The van der Waals surface area contributed by atoms with Crippen molar-refractivity contribution in [1.29, 1.82) is 0 Å². The number of nitrogens with one attached hydrogen (secondary N) is 3. The van der Waals surface area contributed by atoms with Gasteiger partial charge in [0.25, 0.3) is 0 Å². The normalized spacial score (nSPS) is 10.3. The van der Waals surface area contributed by atoms with E-state index >= 15 is 0 Å². The molecule has 0 aromatic carbocycles. The van der Waals surface area contributed by atoms with Crippen molar-refractivity contribution < 1.29 is 14.4 Å². The standard InChI is InChI=1S/C15H22BrN5O3/c1-3-4-7-17-15(24)20-14(23)10-21(2)9-13(22)19-12-6-5-11(16)8-18-12/h5-6,8H,3-4,7,9-10H2,1-2H3,(H,18,19,22)(H2,17,20,23,24). The summed E-state index contributed by atoms with van der Waals surface area (Å²) in [6.07, 6.45) is 3.38. The van der Waals surface area contributed by atoms with Crippen LogP contribution in [-0.4, -0.2) is 54.4 Å². The SMILES string of the molecule is CCCCNC(=O)NC(=O)CN(C)CC(=O)Nc1ccc(Br)cn1. The van der Waals surface area contributed by atoms with Gasteiger partial charge in [0.05, 0.1) is 13.1 Å². The molecule has 3 N–H and O–H groups in total. The number of rotatable bonds is 8. The Labute approximate surface area is 149 Å². The third kappa shape index (κ3) is 8.59. The highest BCUT2D eigenvalue weighted by molar-refractivity contribution is 9.10. The summed E-state index contributed by atoms with van der Waals surface area (Å²) in [5.74, 6) is -0.343. The van der Waals surface area contributed by atoms with Crippen LogP contribution < -0.4 is 16.0 Å². The van der Waals surface area contributed by atoms with Crippen molar-refractivity contribution in [3.8, 4) is 0 Å². The lowest BCUT2D eigenvalue weighted by molar-refractivity contribution is -0.122. The van der Waals surface area contributed by atoms with Crippen LogP contribution in [0.2, 0.25) is 0 Å². The minimum Gasteiger partial charge on any atom is -0.338 e. The molecule has 0 aliphatic heterocycles. The van der Waals surface area contributed by atoms with Crippen LogP contribution >= 0.6 is 15.9 Å². The highest BCUT2D eigenvalue weighted by atomic mass is 79.9. The summed E-state index contributed by atoms with van der Waals surface area (Å²) in [5.41, 5.74) is 0. The second-order valence-electron chi connectivity index (χ2n) is 5.24. The molecule has 0 spiro atoms. The maximum Gasteiger partial charge on any atom is 0.321 e. The Morgan fingerprint density at radius 1 is 1.21 bits per heavy atom. The first-order chi connectivity index (χ1) is 11.4. The molecule has 0 unspecified atom stereocenters. The fraction of sp³-hybridized carbons (Fsp3) is 0.467. The van der Waals surface area contributed by atoms with Crippen molar-refractivity contribution in [2.24, 2.45) is 0 Å². The first-order valence-corrected chi connectivity index (χ1v) is 8.37. The van der Waals surface area contributed by atoms with Gasteiger partial charge in [-0.05, 0) is 41.5 Å². The van der Waals surface area contributed by atoms with Gasteiger partial charge in [0, 0.05) is 17.2 Å². The van der Waals surface area contributed by atoms with E-state index in [1.165, 1.54) is 4.90 Å². The van der Waals surface area contributed by atoms with E-state index in [0.717, 1.165) is 17.3 Å². The van der Waals surface area contributed by atoms with E-state index in [4.69, 9.17) is 0 Å². The number of urea groups is 1. The van der Waals surface area contributed by atoms with E-state index in [1.807, 2.05) is 6.92 Å². The molecule has 0 atom stereocenters. The van der Waals surface area contributed by atoms with Crippen LogP contribution in [0.1, 0.15) is 19.8 Å². The molecule has 1 aromatic rings. The first-order valence-electron chi connectivity index (χ1n) is 7.58. The number of halogens is 1. The number of carbonyl (C=O) groups is 3. The molecule has 1 aromatic heterocycles. The number of imide groups is 1. The number of likely N-dealkylation sites (N-methyl/N-ethyl adjacent to an activating group) is 1. The highest BCUT2D eigenvalue weighted by Crippen LogP contribution is 2.10. The molecule has 1 heterocycles.